The van der Waals surface area contributed by atoms with Gasteiger partial charge in [-0.1, -0.05) is 54.2 Å². The third-order valence-corrected chi connectivity index (χ3v) is 4.78. The summed E-state index contributed by atoms with van der Waals surface area (Å²) in [4.78, 5) is 12.2. The fraction of sp³-hybridized carbons (Fsp3) is 0.158. The molecule has 0 aliphatic carbocycles. The maximum Gasteiger partial charge on any atom is 0.264 e. The molecule has 0 atom stereocenters. The zero-order valence-corrected chi connectivity index (χ0v) is 16.4. The molecule has 0 aliphatic heterocycles. The van der Waals surface area contributed by atoms with Crippen LogP contribution in [0.2, 0.25) is 0 Å². The van der Waals surface area contributed by atoms with Crippen LogP contribution in [0.5, 0.6) is 0 Å². The molecule has 0 bridgehead atoms. The third-order valence-electron chi connectivity index (χ3n) is 3.84. The van der Waals surface area contributed by atoms with E-state index in [1.807, 2.05) is 62.4 Å². The number of nitrogens with two attached hydrogens (primary N) is 1. The van der Waals surface area contributed by atoms with Crippen molar-refractivity contribution in [1.29, 1.82) is 0 Å². The molecule has 0 radical (unpaired) electrons. The standard InChI is InChI=1S/C19H21N7OS/c1-13-8-9-14(2)16(10-13)22-17(27)12-28-19-25-24-18(26(19)20)23-21-11-15-6-4-3-5-7-15/h3-11H,12,20H2,1-2H3,(H,22,27)(H,23,24)/b21-11+. The third kappa shape index (κ3) is 5.10. The number of aromatic nitrogens is 3. The monoisotopic (exact) mass is 395 g/mol. The van der Waals surface area contributed by atoms with E-state index in [4.69, 9.17) is 5.84 Å². The van der Waals surface area contributed by atoms with Gasteiger partial charge in [-0.25, -0.2) is 10.1 Å². The number of nitrogens with one attached hydrogen (secondary N) is 2. The van der Waals surface area contributed by atoms with Gasteiger partial charge in [0.1, 0.15) is 0 Å². The first-order valence-electron chi connectivity index (χ1n) is 8.57. The number of aryl methyl sites for hydroxylation is 2. The van der Waals surface area contributed by atoms with Crippen LogP contribution in [0.25, 0.3) is 0 Å². The van der Waals surface area contributed by atoms with E-state index < -0.39 is 0 Å². The average Bonchev–Trinajstić information content (AvgIpc) is 3.04. The molecule has 3 aromatic rings. The molecule has 0 spiro atoms. The van der Waals surface area contributed by atoms with Gasteiger partial charge in [-0.05, 0) is 36.6 Å². The molecule has 9 heteroatoms. The van der Waals surface area contributed by atoms with Crippen LogP contribution in [0.15, 0.2) is 58.8 Å². The zero-order valence-electron chi connectivity index (χ0n) is 15.6. The largest absolute Gasteiger partial charge is 0.334 e. The van der Waals surface area contributed by atoms with Gasteiger partial charge in [-0.3, -0.25) is 4.79 Å². The molecule has 28 heavy (non-hydrogen) atoms. The molecule has 144 valence electrons. The van der Waals surface area contributed by atoms with Gasteiger partial charge in [-0.2, -0.15) is 5.10 Å². The van der Waals surface area contributed by atoms with Gasteiger partial charge in [0.25, 0.3) is 5.95 Å². The summed E-state index contributed by atoms with van der Waals surface area (Å²) in [6.45, 7) is 3.93. The maximum atomic E-state index is 12.2. The summed E-state index contributed by atoms with van der Waals surface area (Å²) < 4.78 is 1.26. The minimum absolute atomic E-state index is 0.140. The number of hydrogen-bond acceptors (Lipinski definition) is 7. The second-order valence-electron chi connectivity index (χ2n) is 6.11. The lowest BCUT2D eigenvalue weighted by Gasteiger charge is -2.09. The Balaban J connectivity index is 1.54. The molecule has 0 saturated carbocycles. The molecule has 0 saturated heterocycles. The fourth-order valence-corrected chi connectivity index (χ4v) is 3.00. The van der Waals surface area contributed by atoms with Crippen molar-refractivity contribution in [2.75, 3.05) is 22.3 Å². The van der Waals surface area contributed by atoms with Gasteiger partial charge in [0.2, 0.25) is 11.1 Å². The van der Waals surface area contributed by atoms with E-state index in [9.17, 15) is 4.79 Å². The number of benzene rings is 2. The van der Waals surface area contributed by atoms with Crippen molar-refractivity contribution in [1.82, 2.24) is 14.9 Å². The summed E-state index contributed by atoms with van der Waals surface area (Å²) in [7, 11) is 0. The zero-order chi connectivity index (χ0) is 19.9. The van der Waals surface area contributed by atoms with Gasteiger partial charge >= 0.3 is 0 Å². The van der Waals surface area contributed by atoms with E-state index in [-0.39, 0.29) is 17.6 Å². The predicted octanol–water partition coefficient (Wildman–Crippen LogP) is 2.79. The van der Waals surface area contributed by atoms with Crippen LogP contribution in [0, 0.1) is 13.8 Å². The van der Waals surface area contributed by atoms with Crippen molar-refractivity contribution in [2.24, 2.45) is 5.10 Å². The normalized spacial score (nSPS) is 10.9. The molecule has 8 nitrogen and oxygen atoms in total. The molecule has 1 amide bonds. The summed E-state index contributed by atoms with van der Waals surface area (Å²) in [5.41, 5.74) is 6.58. The lowest BCUT2D eigenvalue weighted by atomic mass is 10.1. The van der Waals surface area contributed by atoms with Crippen LogP contribution >= 0.6 is 11.8 Å². The Kier molecular flexibility index (Phi) is 6.28. The Hall–Kier alpha value is -3.33. The predicted molar refractivity (Wildman–Crippen MR) is 113 cm³/mol. The molecule has 3 rings (SSSR count). The number of thioether (sulfide) groups is 1. The highest BCUT2D eigenvalue weighted by Crippen LogP contribution is 2.19. The molecular weight excluding hydrogens is 374 g/mol. The molecule has 4 N–H and O–H groups in total. The number of hydrazone groups is 1. The number of anilines is 2. The van der Waals surface area contributed by atoms with Crippen LogP contribution < -0.4 is 16.6 Å². The summed E-state index contributed by atoms with van der Waals surface area (Å²) in [6, 6.07) is 15.5. The van der Waals surface area contributed by atoms with Gasteiger partial charge in [-0.15, -0.1) is 10.2 Å². The van der Waals surface area contributed by atoms with Crippen molar-refractivity contribution in [3.05, 3.63) is 65.2 Å². The molecule has 0 fully saturated rings. The Labute approximate surface area is 167 Å². The summed E-state index contributed by atoms with van der Waals surface area (Å²) in [5.74, 6) is 6.27. The Bertz CT molecular complexity index is 985. The number of amides is 1. The summed E-state index contributed by atoms with van der Waals surface area (Å²) in [6.07, 6.45) is 1.65. The van der Waals surface area contributed by atoms with Crippen LogP contribution in [0.3, 0.4) is 0 Å². The topological polar surface area (TPSA) is 110 Å². The van der Waals surface area contributed by atoms with Gasteiger partial charge in [0, 0.05) is 5.69 Å². The Morgan fingerprint density at radius 3 is 2.79 bits per heavy atom. The van der Waals surface area contributed by atoms with Crippen molar-refractivity contribution in [2.45, 2.75) is 19.0 Å². The van der Waals surface area contributed by atoms with E-state index in [1.54, 1.807) is 6.21 Å². The van der Waals surface area contributed by atoms with Crippen molar-refractivity contribution in [3.8, 4) is 0 Å². The quantitative estimate of drug-likeness (QED) is 0.246. The molecule has 1 heterocycles. The molecule has 1 aromatic heterocycles. The van der Waals surface area contributed by atoms with E-state index in [2.05, 4.69) is 26.0 Å². The first kappa shape index (κ1) is 19.4. The van der Waals surface area contributed by atoms with E-state index in [0.29, 0.717) is 5.16 Å². The minimum atomic E-state index is -0.140. The van der Waals surface area contributed by atoms with Crippen molar-refractivity contribution < 1.29 is 4.79 Å². The Morgan fingerprint density at radius 1 is 1.21 bits per heavy atom. The highest BCUT2D eigenvalue weighted by Gasteiger charge is 2.12. The SMILES string of the molecule is Cc1ccc(C)c(NC(=O)CSc2nnc(N/N=C/c3ccccc3)n2N)c1. The van der Waals surface area contributed by atoms with Gasteiger partial charge in [0.15, 0.2) is 0 Å². The Morgan fingerprint density at radius 2 is 2.00 bits per heavy atom. The summed E-state index contributed by atoms with van der Waals surface area (Å²) >= 11 is 1.20. The number of rotatable bonds is 7. The first-order valence-corrected chi connectivity index (χ1v) is 9.56. The average molecular weight is 395 g/mol. The summed E-state index contributed by atoms with van der Waals surface area (Å²) in [5, 5.41) is 15.3. The number of carbonyl (C=O) groups is 1. The van der Waals surface area contributed by atoms with Gasteiger partial charge < -0.3 is 11.2 Å². The number of hydrogen-bond donors (Lipinski definition) is 3. The van der Waals surface area contributed by atoms with E-state index >= 15 is 0 Å². The highest BCUT2D eigenvalue weighted by atomic mass is 32.2. The van der Waals surface area contributed by atoms with Crippen LogP contribution in [-0.2, 0) is 4.79 Å². The van der Waals surface area contributed by atoms with Crippen LogP contribution in [0.4, 0.5) is 11.6 Å². The van der Waals surface area contributed by atoms with E-state index in [1.165, 1.54) is 16.4 Å². The van der Waals surface area contributed by atoms with Crippen LogP contribution in [-0.4, -0.2) is 32.7 Å². The van der Waals surface area contributed by atoms with Crippen molar-refractivity contribution >= 4 is 35.5 Å². The van der Waals surface area contributed by atoms with E-state index in [0.717, 1.165) is 22.4 Å². The van der Waals surface area contributed by atoms with Crippen molar-refractivity contribution in [3.63, 3.8) is 0 Å². The van der Waals surface area contributed by atoms with Gasteiger partial charge in [0.05, 0.1) is 12.0 Å². The molecule has 0 aliphatic rings. The first-order chi connectivity index (χ1) is 13.5. The minimum Gasteiger partial charge on any atom is -0.334 e. The fourth-order valence-electron chi connectivity index (χ4n) is 2.34. The lowest BCUT2D eigenvalue weighted by Crippen LogP contribution is -2.17. The maximum absolute atomic E-state index is 12.2. The molecule has 2 aromatic carbocycles. The number of nitrogens with zero attached hydrogens (tertiary/aromatic N) is 4. The highest BCUT2D eigenvalue weighted by molar-refractivity contribution is 7.99. The molecule has 0 unspecified atom stereocenters. The number of nitrogen functional groups attached to an aromatic ring is 1. The van der Waals surface area contributed by atoms with Crippen LogP contribution in [0.1, 0.15) is 16.7 Å². The second kappa shape index (κ2) is 9.05. The second-order valence-corrected chi connectivity index (χ2v) is 7.05. The number of carbonyl (C=O) groups excluding carboxylic acids is 1. The molecular formula is C19H21N7OS. The lowest BCUT2D eigenvalue weighted by molar-refractivity contribution is -0.113. The smallest absolute Gasteiger partial charge is 0.264 e.